The van der Waals surface area contributed by atoms with Gasteiger partial charge in [0.05, 0.1) is 70.8 Å². The number of fused-ring (bicyclic) bond motifs is 3. The third-order valence-electron chi connectivity index (χ3n) is 17.1. The molecule has 4 aliphatic heterocycles. The molecule has 86 heavy (non-hydrogen) atoms. The minimum atomic E-state index is -4.84. The molecule has 11 rings (SSSR count). The zero-order valence-electron chi connectivity index (χ0n) is 48.8. The van der Waals surface area contributed by atoms with Crippen molar-refractivity contribution in [1.29, 1.82) is 0 Å². The number of alkyl halides is 3. The molecule has 0 unspecified atom stereocenters. The highest BCUT2D eigenvalue weighted by Gasteiger charge is 2.46. The van der Waals surface area contributed by atoms with Gasteiger partial charge in [-0.05, 0) is 149 Å². The van der Waals surface area contributed by atoms with E-state index < -0.39 is 50.5 Å². The maximum Gasteiger partial charge on any atom is 0.435 e. The smallest absolute Gasteiger partial charge is 0.435 e. The fraction of sp³-hybridized carbons (Fsp3) is 0.435. The lowest BCUT2D eigenvalue weighted by atomic mass is 9.75. The van der Waals surface area contributed by atoms with Crippen LogP contribution in [0.15, 0.2) is 91.1 Å². The van der Waals surface area contributed by atoms with Crippen LogP contribution in [0.25, 0.3) is 5.69 Å². The standard InChI is InChI=1S/C62H71F3N12O8S/c1-6-84-53-32-42(14-18-47(53)69-60-67-35-51-57(70-60)77(86(5,82)83)49-10-8-7-9-46(49)59(81)72(51)4)74-29-23-40(24-30-74)58(80)75-27-21-38(22-28-75)36-73-25-19-39(20-26-73)37-85-44-15-11-41(12-16-44)68-48-31-43(13-17-45(48)56(66)79)76-50-33-61(2,3)34-52(78)54(50)55(71-76)62(63,64)65/h7-18,31-32,35,38-40,68H,6,19-30,33-34,36-37H2,1-5H3,(H2,66,79)(H,67,69,70). The van der Waals surface area contributed by atoms with Crippen molar-refractivity contribution in [2.75, 3.05) is 97.1 Å². The Bertz CT molecular complexity index is 3690. The summed E-state index contributed by atoms with van der Waals surface area (Å²) >= 11 is 0. The number of hydrogen-bond acceptors (Lipinski definition) is 15. The van der Waals surface area contributed by atoms with Crippen LogP contribution in [0.3, 0.4) is 0 Å². The molecule has 6 aromatic rings. The van der Waals surface area contributed by atoms with Crippen molar-refractivity contribution >= 4 is 79.4 Å². The van der Waals surface area contributed by atoms with Gasteiger partial charge in [-0.25, -0.2) is 22.4 Å². The molecule has 2 aromatic heterocycles. The summed E-state index contributed by atoms with van der Waals surface area (Å²) in [7, 11) is -2.39. The molecular formula is C62H71F3N12O8S. The average Bonchev–Trinajstić information content (AvgIpc) is 2.41. The molecule has 0 bridgehead atoms. The molecule has 3 saturated heterocycles. The summed E-state index contributed by atoms with van der Waals surface area (Å²) < 4.78 is 83.7. The van der Waals surface area contributed by atoms with Gasteiger partial charge in [0.25, 0.3) is 11.8 Å². The number of piperidine rings is 3. The minimum absolute atomic E-state index is 0.0289. The van der Waals surface area contributed by atoms with Gasteiger partial charge < -0.3 is 45.4 Å². The first-order valence-electron chi connectivity index (χ1n) is 29.2. The molecule has 454 valence electrons. The molecule has 4 N–H and O–H groups in total. The van der Waals surface area contributed by atoms with Gasteiger partial charge in [0.15, 0.2) is 17.3 Å². The first kappa shape index (κ1) is 59.5. The number of Topliss-reactive ketones (excluding diaryl/α,β-unsaturated/α-hetero) is 1. The van der Waals surface area contributed by atoms with Crippen molar-refractivity contribution in [3.05, 3.63) is 119 Å². The number of anilines is 8. The summed E-state index contributed by atoms with van der Waals surface area (Å²) in [4.78, 5) is 70.2. The molecule has 0 saturated carbocycles. The SMILES string of the molecule is CCOc1cc(N2CCC(C(=O)N3CCC(CN4CCC(COc5ccc(Nc6cc(-n7nc(C(F)(F)F)c8c7CC(C)(C)CC8=O)ccc6C(N)=O)cc5)CC4)CC3)CC2)ccc1Nc1ncc2c(n1)N(S(C)(=O)=O)c1ccccc1C(=O)N2C. The van der Waals surface area contributed by atoms with E-state index in [2.05, 4.69) is 40.4 Å². The monoisotopic (exact) mass is 1200 g/mol. The second-order valence-electron chi connectivity index (χ2n) is 23.9. The number of hydrogen-bond donors (Lipinski definition) is 3. The molecule has 3 fully saturated rings. The summed E-state index contributed by atoms with van der Waals surface area (Å²) in [6, 6.07) is 24.0. The Hall–Kier alpha value is -8.25. The lowest BCUT2D eigenvalue weighted by molar-refractivity contribution is -0.141. The van der Waals surface area contributed by atoms with Crippen LogP contribution in [0.1, 0.15) is 108 Å². The first-order chi connectivity index (χ1) is 41.0. The van der Waals surface area contributed by atoms with Crippen molar-refractivity contribution < 1.29 is 50.2 Å². The summed E-state index contributed by atoms with van der Waals surface area (Å²) in [5.41, 5.74) is 7.09. The Balaban J connectivity index is 0.625. The predicted octanol–water partition coefficient (Wildman–Crippen LogP) is 9.75. The van der Waals surface area contributed by atoms with Crippen LogP contribution in [0.5, 0.6) is 11.5 Å². The number of ether oxygens (including phenoxy) is 2. The highest BCUT2D eigenvalue weighted by atomic mass is 32.2. The van der Waals surface area contributed by atoms with Crippen LogP contribution in [0.4, 0.5) is 59.1 Å². The van der Waals surface area contributed by atoms with Crippen molar-refractivity contribution in [2.45, 2.75) is 78.3 Å². The van der Waals surface area contributed by atoms with E-state index in [1.165, 1.54) is 29.3 Å². The third-order valence-corrected chi connectivity index (χ3v) is 18.1. The number of sulfonamides is 1. The Morgan fingerprint density at radius 2 is 1.50 bits per heavy atom. The Labute approximate surface area is 497 Å². The van der Waals surface area contributed by atoms with Crippen LogP contribution in [-0.4, -0.2) is 134 Å². The van der Waals surface area contributed by atoms with Gasteiger partial charge in [0.2, 0.25) is 21.9 Å². The van der Waals surface area contributed by atoms with Crippen LogP contribution in [0, 0.1) is 23.2 Å². The summed E-state index contributed by atoms with van der Waals surface area (Å²) in [5.74, 6) is 0.740. The topological polar surface area (TPSA) is 231 Å². The number of para-hydroxylation sites is 1. The molecule has 20 nitrogen and oxygen atoms in total. The normalized spacial score (nSPS) is 18.0. The molecular weight excluding hydrogens is 1130 g/mol. The van der Waals surface area contributed by atoms with E-state index in [0.717, 1.165) is 92.2 Å². The van der Waals surface area contributed by atoms with Crippen LogP contribution in [0.2, 0.25) is 0 Å². The summed E-state index contributed by atoms with van der Waals surface area (Å²) in [6.45, 7) is 12.4. The van der Waals surface area contributed by atoms with Crippen LogP contribution >= 0.6 is 0 Å². The number of benzene rings is 4. The molecule has 0 atom stereocenters. The number of likely N-dealkylation sites (tertiary alicyclic amines) is 2. The number of amides is 3. The lowest BCUT2D eigenvalue weighted by Crippen LogP contribution is -2.47. The predicted molar refractivity (Wildman–Crippen MR) is 321 cm³/mol. The highest BCUT2D eigenvalue weighted by molar-refractivity contribution is 7.92. The van der Waals surface area contributed by atoms with E-state index >= 15 is 0 Å². The zero-order chi connectivity index (χ0) is 60.8. The van der Waals surface area contributed by atoms with E-state index in [1.54, 1.807) is 43.4 Å². The van der Waals surface area contributed by atoms with Crippen molar-refractivity contribution in [2.24, 2.45) is 28.9 Å². The molecule has 4 aromatic carbocycles. The summed E-state index contributed by atoms with van der Waals surface area (Å²) in [6.07, 6.45) is 3.26. The fourth-order valence-electron chi connectivity index (χ4n) is 12.6. The van der Waals surface area contributed by atoms with Gasteiger partial charge >= 0.3 is 6.18 Å². The Kier molecular flexibility index (Phi) is 16.5. The van der Waals surface area contributed by atoms with E-state index in [1.807, 2.05) is 51.1 Å². The van der Waals surface area contributed by atoms with Crippen LogP contribution < -0.4 is 39.9 Å². The molecule has 0 spiro atoms. The van der Waals surface area contributed by atoms with Gasteiger partial charge in [-0.1, -0.05) is 26.0 Å². The molecule has 5 aliphatic rings. The molecule has 0 radical (unpaired) electrons. The largest absolute Gasteiger partial charge is 0.493 e. The van der Waals surface area contributed by atoms with Crippen LogP contribution in [-0.2, 0) is 27.4 Å². The van der Waals surface area contributed by atoms with Gasteiger partial charge in [-0.3, -0.25) is 19.2 Å². The van der Waals surface area contributed by atoms with E-state index in [4.69, 9.17) is 15.2 Å². The van der Waals surface area contributed by atoms with Gasteiger partial charge in [-0.2, -0.15) is 23.3 Å². The third kappa shape index (κ3) is 12.5. The number of halogens is 3. The Morgan fingerprint density at radius 1 is 0.802 bits per heavy atom. The minimum Gasteiger partial charge on any atom is -0.493 e. The number of ketones is 1. The molecule has 6 heterocycles. The van der Waals surface area contributed by atoms with Crippen molar-refractivity contribution in [3.8, 4) is 17.2 Å². The number of nitrogens with two attached hydrogens (primary N) is 1. The number of carbonyl (C=O) groups excluding carboxylic acids is 4. The van der Waals surface area contributed by atoms with Crippen molar-refractivity contribution in [1.82, 2.24) is 29.5 Å². The summed E-state index contributed by atoms with van der Waals surface area (Å²) in [5, 5.41) is 10.3. The van der Waals surface area contributed by atoms with Crippen molar-refractivity contribution in [3.63, 3.8) is 0 Å². The first-order valence-corrected chi connectivity index (χ1v) is 31.1. The average molecular weight is 1200 g/mol. The zero-order valence-corrected chi connectivity index (χ0v) is 49.6. The van der Waals surface area contributed by atoms with E-state index in [0.29, 0.717) is 61.0 Å². The second kappa shape index (κ2) is 23.9. The number of rotatable bonds is 16. The van der Waals surface area contributed by atoms with Gasteiger partial charge in [0.1, 0.15) is 17.2 Å². The highest BCUT2D eigenvalue weighted by Crippen LogP contribution is 2.44. The molecule has 3 amide bonds. The number of carbonyl (C=O) groups is 4. The lowest BCUT2D eigenvalue weighted by Gasteiger charge is -2.40. The van der Waals surface area contributed by atoms with Gasteiger partial charge in [-0.15, -0.1) is 0 Å². The number of nitrogens with zero attached hydrogens (tertiary/aromatic N) is 9. The fourth-order valence-corrected chi connectivity index (χ4v) is 13.6. The Morgan fingerprint density at radius 3 is 2.19 bits per heavy atom. The number of aromatic nitrogens is 4. The number of nitrogens with one attached hydrogen (secondary N) is 2. The second-order valence-corrected chi connectivity index (χ2v) is 25.7. The number of primary amides is 1. The quantitative estimate of drug-likeness (QED) is 0.0819. The maximum atomic E-state index is 14.2. The maximum absolute atomic E-state index is 14.2. The van der Waals surface area contributed by atoms with Gasteiger partial charge in [0, 0.05) is 69.6 Å². The molecule has 1 aliphatic carbocycles. The van der Waals surface area contributed by atoms with E-state index in [9.17, 15) is 40.8 Å². The molecule has 24 heteroatoms. The van der Waals surface area contributed by atoms with E-state index in [-0.39, 0.29) is 76.0 Å².